The monoisotopic (exact) mass is 319 g/mol. The van der Waals surface area contributed by atoms with Crippen LogP contribution in [-0.4, -0.2) is 16.5 Å². The summed E-state index contributed by atoms with van der Waals surface area (Å²) >= 11 is 2.66. The maximum Gasteiger partial charge on any atom is 0.451 e. The Morgan fingerprint density at radius 2 is 2.15 bits per heavy atom. The van der Waals surface area contributed by atoms with Crippen molar-refractivity contribution < 1.29 is 13.2 Å². The van der Waals surface area contributed by atoms with Gasteiger partial charge in [-0.3, -0.25) is 0 Å². The number of hydrogen-bond acceptors (Lipinski definition) is 5. The van der Waals surface area contributed by atoms with Gasteiger partial charge in [-0.25, -0.2) is 9.97 Å². The molecular weight excluding hydrogens is 307 g/mol. The molecule has 0 radical (unpaired) electrons. The lowest BCUT2D eigenvalue weighted by molar-refractivity contribution is -0.145. The molecule has 20 heavy (non-hydrogen) atoms. The van der Waals surface area contributed by atoms with Crippen molar-refractivity contribution in [2.45, 2.75) is 28.8 Å². The summed E-state index contributed by atoms with van der Waals surface area (Å²) in [6.07, 6.45) is -3.74. The number of nitrogens with one attached hydrogen (secondary N) is 1. The van der Waals surface area contributed by atoms with Gasteiger partial charge < -0.3 is 5.32 Å². The van der Waals surface area contributed by atoms with Crippen LogP contribution in [0, 0.1) is 0 Å². The lowest BCUT2D eigenvalue weighted by Gasteiger charge is -2.10. The van der Waals surface area contributed by atoms with E-state index in [-0.39, 0.29) is 10.8 Å². The Balaban J connectivity index is 2.29. The van der Waals surface area contributed by atoms with Crippen LogP contribution < -0.4 is 5.32 Å². The van der Waals surface area contributed by atoms with Gasteiger partial charge in [-0.1, -0.05) is 24.8 Å². The van der Waals surface area contributed by atoms with Gasteiger partial charge in [0.25, 0.3) is 0 Å². The first-order valence-electron chi connectivity index (χ1n) is 5.90. The quantitative estimate of drug-likeness (QED) is 0.822. The van der Waals surface area contributed by atoms with E-state index in [0.717, 1.165) is 10.6 Å². The van der Waals surface area contributed by atoms with Crippen LogP contribution in [-0.2, 0) is 6.18 Å². The van der Waals surface area contributed by atoms with E-state index in [1.54, 1.807) is 0 Å². The van der Waals surface area contributed by atoms with E-state index in [1.165, 1.54) is 29.2 Å². The molecule has 0 amide bonds. The van der Waals surface area contributed by atoms with Gasteiger partial charge >= 0.3 is 6.18 Å². The molecule has 2 aromatic heterocycles. The molecule has 108 valence electrons. The Kier molecular flexibility index (Phi) is 4.87. The summed E-state index contributed by atoms with van der Waals surface area (Å²) < 4.78 is 39.3. The number of thiophene rings is 1. The Morgan fingerprint density at radius 3 is 2.75 bits per heavy atom. The van der Waals surface area contributed by atoms with Crippen LogP contribution in [0.15, 0.2) is 32.8 Å². The molecule has 3 nitrogen and oxygen atoms in total. The molecule has 1 N–H and O–H groups in total. The summed E-state index contributed by atoms with van der Waals surface area (Å²) in [5, 5.41) is 5.02. The number of nitrogens with zero attached hydrogens (tertiary/aromatic N) is 2. The minimum Gasteiger partial charge on any atom is -0.370 e. The number of halogens is 3. The molecule has 2 heterocycles. The Labute approximate surface area is 122 Å². The second kappa shape index (κ2) is 6.45. The maximum atomic E-state index is 12.8. The maximum absolute atomic E-state index is 12.8. The van der Waals surface area contributed by atoms with Gasteiger partial charge in [0.1, 0.15) is 10.8 Å². The molecule has 2 aromatic rings. The fourth-order valence-corrected chi connectivity index (χ4v) is 3.09. The van der Waals surface area contributed by atoms with Gasteiger partial charge in [-0.05, 0) is 17.9 Å². The van der Waals surface area contributed by atoms with Gasteiger partial charge in [-0.2, -0.15) is 13.2 Å². The lowest BCUT2D eigenvalue weighted by Crippen LogP contribution is -2.14. The third-order valence-electron chi connectivity index (χ3n) is 2.21. The molecule has 0 saturated carbocycles. The highest BCUT2D eigenvalue weighted by molar-refractivity contribution is 8.01. The molecule has 0 aliphatic rings. The highest BCUT2D eigenvalue weighted by Crippen LogP contribution is 2.34. The third kappa shape index (κ3) is 4.11. The average Bonchev–Trinajstić information content (AvgIpc) is 2.88. The standard InChI is InChI=1S/C12H12F3N3S2/c1-2-5-16-8-7-9(20-10-4-3-6-19-10)18-11(17-8)12(13,14)15/h3-4,6-7H,2,5H2,1H3,(H,16,17,18). The van der Waals surface area contributed by atoms with E-state index in [4.69, 9.17) is 0 Å². The first kappa shape index (κ1) is 15.1. The zero-order chi connectivity index (χ0) is 14.6. The molecule has 2 rings (SSSR count). The molecule has 0 unspecified atom stereocenters. The normalized spacial score (nSPS) is 11.6. The summed E-state index contributed by atoms with van der Waals surface area (Å²) in [7, 11) is 0. The molecule has 8 heteroatoms. The van der Waals surface area contributed by atoms with Gasteiger partial charge in [0, 0.05) is 12.6 Å². The van der Waals surface area contributed by atoms with Crippen molar-refractivity contribution in [3.05, 3.63) is 29.4 Å². The molecule has 0 bridgehead atoms. The van der Waals surface area contributed by atoms with E-state index in [1.807, 2.05) is 24.4 Å². The molecule has 0 saturated heterocycles. The Morgan fingerprint density at radius 1 is 1.35 bits per heavy atom. The molecule has 0 aliphatic carbocycles. The van der Waals surface area contributed by atoms with E-state index in [0.29, 0.717) is 6.54 Å². The van der Waals surface area contributed by atoms with Crippen molar-refractivity contribution in [2.24, 2.45) is 0 Å². The molecule has 0 aliphatic heterocycles. The first-order chi connectivity index (χ1) is 9.49. The van der Waals surface area contributed by atoms with E-state index < -0.39 is 12.0 Å². The highest BCUT2D eigenvalue weighted by Gasteiger charge is 2.35. The van der Waals surface area contributed by atoms with Crippen LogP contribution in [0.2, 0.25) is 0 Å². The number of hydrogen-bond donors (Lipinski definition) is 1. The second-order valence-electron chi connectivity index (χ2n) is 3.87. The summed E-state index contributed by atoms with van der Waals surface area (Å²) in [6, 6.07) is 5.22. The van der Waals surface area contributed by atoms with Gasteiger partial charge in [0.2, 0.25) is 5.82 Å². The van der Waals surface area contributed by atoms with Crippen LogP contribution in [0.25, 0.3) is 0 Å². The number of anilines is 1. The largest absolute Gasteiger partial charge is 0.451 e. The van der Waals surface area contributed by atoms with E-state index >= 15 is 0 Å². The fourth-order valence-electron chi connectivity index (χ4n) is 1.37. The van der Waals surface area contributed by atoms with Crippen molar-refractivity contribution in [2.75, 3.05) is 11.9 Å². The molecule has 0 spiro atoms. The zero-order valence-corrected chi connectivity index (χ0v) is 12.2. The smallest absolute Gasteiger partial charge is 0.370 e. The van der Waals surface area contributed by atoms with Crippen LogP contribution in [0.4, 0.5) is 19.0 Å². The summed E-state index contributed by atoms with van der Waals surface area (Å²) in [5.41, 5.74) is 0. The number of aromatic nitrogens is 2. The third-order valence-corrected chi connectivity index (χ3v) is 4.17. The summed E-state index contributed by atoms with van der Waals surface area (Å²) in [6.45, 7) is 2.50. The van der Waals surface area contributed by atoms with Crippen molar-refractivity contribution in [1.29, 1.82) is 0 Å². The first-order valence-corrected chi connectivity index (χ1v) is 7.60. The Hall–Kier alpha value is -1.28. The molecule has 0 atom stereocenters. The van der Waals surface area contributed by atoms with Gasteiger partial charge in [-0.15, -0.1) is 11.3 Å². The van der Waals surface area contributed by atoms with Crippen molar-refractivity contribution >= 4 is 28.9 Å². The SMILES string of the molecule is CCCNc1cc(Sc2cccs2)nc(C(F)(F)F)n1. The van der Waals surface area contributed by atoms with Crippen molar-refractivity contribution in [1.82, 2.24) is 9.97 Å². The molecular formula is C12H12F3N3S2. The predicted octanol–water partition coefficient (Wildman–Crippen LogP) is 4.53. The number of alkyl halides is 3. The number of rotatable bonds is 5. The molecule has 0 fully saturated rings. The predicted molar refractivity (Wildman–Crippen MR) is 74.3 cm³/mol. The van der Waals surface area contributed by atoms with E-state index in [2.05, 4.69) is 15.3 Å². The minimum atomic E-state index is -4.55. The molecule has 0 aromatic carbocycles. The van der Waals surface area contributed by atoms with Crippen molar-refractivity contribution in [3.63, 3.8) is 0 Å². The van der Waals surface area contributed by atoms with Crippen LogP contribution >= 0.6 is 23.1 Å². The fraction of sp³-hybridized carbons (Fsp3) is 0.333. The van der Waals surface area contributed by atoms with Gasteiger partial charge in [0.15, 0.2) is 0 Å². The summed E-state index contributed by atoms with van der Waals surface area (Å²) in [5.74, 6) is -0.911. The topological polar surface area (TPSA) is 37.8 Å². The minimum absolute atomic E-state index is 0.202. The summed E-state index contributed by atoms with van der Waals surface area (Å²) in [4.78, 5) is 7.10. The van der Waals surface area contributed by atoms with Crippen LogP contribution in [0.5, 0.6) is 0 Å². The zero-order valence-electron chi connectivity index (χ0n) is 10.6. The Bertz CT molecular complexity index is 556. The lowest BCUT2D eigenvalue weighted by atomic mass is 10.4. The van der Waals surface area contributed by atoms with Gasteiger partial charge in [0.05, 0.1) is 4.21 Å². The second-order valence-corrected chi connectivity index (χ2v) is 6.14. The van der Waals surface area contributed by atoms with Crippen molar-refractivity contribution in [3.8, 4) is 0 Å². The average molecular weight is 319 g/mol. The van der Waals surface area contributed by atoms with Crippen LogP contribution in [0.1, 0.15) is 19.2 Å². The van der Waals surface area contributed by atoms with E-state index in [9.17, 15) is 13.2 Å². The highest BCUT2D eigenvalue weighted by atomic mass is 32.2. The van der Waals surface area contributed by atoms with Crippen LogP contribution in [0.3, 0.4) is 0 Å².